The smallest absolute Gasteiger partial charge is 0.287 e. The molecule has 6 nitrogen and oxygen atoms in total. The summed E-state index contributed by atoms with van der Waals surface area (Å²) in [5, 5.41) is 10.1. The van der Waals surface area contributed by atoms with Crippen molar-refractivity contribution in [1.29, 1.82) is 0 Å². The Labute approximate surface area is 165 Å². The number of nitrogens with one attached hydrogen (secondary N) is 1. The lowest BCUT2D eigenvalue weighted by Crippen LogP contribution is -2.25. The minimum Gasteiger partial charge on any atom is -0.444 e. The first-order valence-electron chi connectivity index (χ1n) is 7.73. The molecule has 1 aromatic carbocycles. The molecule has 0 unspecified atom stereocenters. The fourth-order valence-corrected chi connectivity index (χ4v) is 3.73. The van der Waals surface area contributed by atoms with E-state index in [0.717, 1.165) is 16.2 Å². The topological polar surface area (TPSA) is 72.4 Å². The van der Waals surface area contributed by atoms with E-state index in [4.69, 9.17) is 16.0 Å². The first kappa shape index (κ1) is 17.3. The molecule has 0 atom stereocenters. The zero-order valence-electron chi connectivity index (χ0n) is 13.3. The lowest BCUT2D eigenvalue weighted by molar-refractivity contribution is 0.0925. The van der Waals surface area contributed by atoms with Crippen LogP contribution in [-0.4, -0.2) is 27.0 Å². The molecule has 1 amide bonds. The number of hydrogen-bond acceptors (Lipinski definition) is 5. The first-order valence-corrected chi connectivity index (χ1v) is 9.78. The average molecular weight is 452 g/mol. The number of benzene rings is 1. The van der Waals surface area contributed by atoms with E-state index in [1.54, 1.807) is 12.1 Å². The van der Waals surface area contributed by atoms with E-state index in [1.807, 2.05) is 34.2 Å². The maximum atomic E-state index is 12.0. The van der Waals surface area contributed by atoms with Crippen molar-refractivity contribution in [3.63, 3.8) is 0 Å². The maximum Gasteiger partial charge on any atom is 0.287 e. The van der Waals surface area contributed by atoms with E-state index in [-0.39, 0.29) is 11.7 Å². The molecule has 0 radical (unpaired) electrons. The van der Waals surface area contributed by atoms with Crippen LogP contribution >= 0.6 is 38.9 Å². The summed E-state index contributed by atoms with van der Waals surface area (Å²) in [4.78, 5) is 17.4. The zero-order chi connectivity index (χ0) is 18.1. The number of nitrogens with zero attached hydrogens (tertiary/aromatic N) is 3. The number of amides is 1. The predicted molar refractivity (Wildman–Crippen MR) is 104 cm³/mol. The van der Waals surface area contributed by atoms with Gasteiger partial charge in [-0.3, -0.25) is 4.79 Å². The monoisotopic (exact) mass is 450 g/mol. The van der Waals surface area contributed by atoms with Crippen LogP contribution in [0.2, 0.25) is 5.02 Å². The Bertz CT molecular complexity index is 1070. The third kappa shape index (κ3) is 3.53. The second-order valence-electron chi connectivity index (χ2n) is 5.47. The van der Waals surface area contributed by atoms with Crippen LogP contribution in [0.4, 0.5) is 0 Å². The molecule has 0 bridgehead atoms. The standard InChI is InChI=1S/C17H12BrClN4O2S/c18-14-6-5-13(25-14)16(24)20-8-7-12-9-26-17-21-15(22-23(12)17)10-1-3-11(19)4-2-10/h1-6,9H,7-8H2,(H,20,24). The highest BCUT2D eigenvalue weighted by Gasteiger charge is 2.13. The van der Waals surface area contributed by atoms with Crippen LogP contribution in [-0.2, 0) is 6.42 Å². The summed E-state index contributed by atoms with van der Waals surface area (Å²) in [6.07, 6.45) is 0.636. The Morgan fingerprint density at radius 3 is 2.81 bits per heavy atom. The van der Waals surface area contributed by atoms with Gasteiger partial charge in [0, 0.05) is 28.9 Å². The van der Waals surface area contributed by atoms with Gasteiger partial charge in [-0.15, -0.1) is 16.4 Å². The summed E-state index contributed by atoms with van der Waals surface area (Å²) in [7, 11) is 0. The summed E-state index contributed by atoms with van der Waals surface area (Å²) in [5.74, 6) is 0.681. The number of fused-ring (bicyclic) bond motifs is 1. The molecule has 0 saturated carbocycles. The molecule has 3 heterocycles. The molecule has 0 spiro atoms. The fraction of sp³-hybridized carbons (Fsp3) is 0.118. The minimum absolute atomic E-state index is 0.248. The molecule has 9 heteroatoms. The van der Waals surface area contributed by atoms with E-state index < -0.39 is 0 Å². The number of aromatic nitrogens is 3. The molecule has 26 heavy (non-hydrogen) atoms. The van der Waals surface area contributed by atoms with Gasteiger partial charge in [0.1, 0.15) is 0 Å². The van der Waals surface area contributed by atoms with Crippen molar-refractivity contribution >= 4 is 49.7 Å². The number of carbonyl (C=O) groups excluding carboxylic acids is 1. The second-order valence-corrected chi connectivity index (χ2v) is 7.53. The summed E-state index contributed by atoms with van der Waals surface area (Å²) >= 11 is 10.6. The van der Waals surface area contributed by atoms with Crippen molar-refractivity contribution in [2.24, 2.45) is 0 Å². The van der Waals surface area contributed by atoms with Gasteiger partial charge in [0.2, 0.25) is 4.96 Å². The molecule has 0 aliphatic heterocycles. The van der Waals surface area contributed by atoms with Crippen molar-refractivity contribution in [3.8, 4) is 11.4 Å². The van der Waals surface area contributed by atoms with Crippen LogP contribution in [0, 0.1) is 0 Å². The van der Waals surface area contributed by atoms with Crippen molar-refractivity contribution in [2.75, 3.05) is 6.54 Å². The summed E-state index contributed by atoms with van der Waals surface area (Å²) in [6.45, 7) is 0.471. The molecule has 4 rings (SSSR count). The Balaban J connectivity index is 1.45. The van der Waals surface area contributed by atoms with Gasteiger partial charge in [0.05, 0.1) is 5.69 Å². The molecule has 132 valence electrons. The third-order valence-corrected chi connectivity index (χ3v) is 5.26. The number of rotatable bonds is 5. The third-order valence-electron chi connectivity index (χ3n) is 3.72. The summed E-state index contributed by atoms with van der Waals surface area (Å²) in [6, 6.07) is 10.7. The molecule has 0 aliphatic carbocycles. The molecule has 0 saturated heterocycles. The maximum absolute atomic E-state index is 12.0. The Kier molecular flexibility index (Phi) is 4.80. The molecule has 4 aromatic rings. The number of carbonyl (C=O) groups is 1. The largest absolute Gasteiger partial charge is 0.444 e. The van der Waals surface area contributed by atoms with E-state index in [0.29, 0.717) is 28.5 Å². The highest BCUT2D eigenvalue weighted by Crippen LogP contribution is 2.22. The quantitative estimate of drug-likeness (QED) is 0.487. The van der Waals surface area contributed by atoms with Gasteiger partial charge in [-0.1, -0.05) is 11.6 Å². The summed E-state index contributed by atoms with van der Waals surface area (Å²) in [5.41, 5.74) is 1.89. The van der Waals surface area contributed by atoms with E-state index >= 15 is 0 Å². The zero-order valence-corrected chi connectivity index (χ0v) is 16.4. The minimum atomic E-state index is -0.248. The van der Waals surface area contributed by atoms with Crippen molar-refractivity contribution < 1.29 is 9.21 Å². The van der Waals surface area contributed by atoms with E-state index in [2.05, 4.69) is 31.3 Å². The number of halogens is 2. The van der Waals surface area contributed by atoms with Crippen molar-refractivity contribution in [2.45, 2.75) is 6.42 Å². The molecular weight excluding hydrogens is 440 g/mol. The Morgan fingerprint density at radius 2 is 2.08 bits per heavy atom. The number of hydrogen-bond donors (Lipinski definition) is 1. The second kappa shape index (κ2) is 7.22. The Hall–Kier alpha value is -2.16. The number of thiazole rings is 1. The Morgan fingerprint density at radius 1 is 1.27 bits per heavy atom. The molecule has 0 aliphatic rings. The molecule has 0 fully saturated rings. The highest BCUT2D eigenvalue weighted by atomic mass is 79.9. The highest BCUT2D eigenvalue weighted by molar-refractivity contribution is 9.10. The molecule has 1 N–H and O–H groups in total. The van der Waals surface area contributed by atoms with E-state index in [1.165, 1.54) is 11.3 Å². The van der Waals surface area contributed by atoms with Gasteiger partial charge in [-0.25, -0.2) is 4.52 Å². The van der Waals surface area contributed by atoms with Gasteiger partial charge in [-0.05, 0) is 52.3 Å². The summed E-state index contributed by atoms with van der Waals surface area (Å²) < 4.78 is 7.57. The number of furan rings is 1. The van der Waals surface area contributed by atoms with Crippen LogP contribution in [0.1, 0.15) is 16.2 Å². The molecule has 3 aromatic heterocycles. The van der Waals surface area contributed by atoms with E-state index in [9.17, 15) is 4.79 Å². The fourth-order valence-electron chi connectivity index (χ4n) is 2.45. The normalized spacial score (nSPS) is 11.2. The van der Waals surface area contributed by atoms with Crippen molar-refractivity contribution in [1.82, 2.24) is 19.9 Å². The first-order chi connectivity index (χ1) is 12.6. The van der Waals surface area contributed by atoms with Crippen LogP contribution < -0.4 is 5.32 Å². The van der Waals surface area contributed by atoms with Gasteiger partial charge >= 0.3 is 0 Å². The molecular formula is C17H12BrClN4O2S. The van der Waals surface area contributed by atoms with Gasteiger partial charge in [0.25, 0.3) is 5.91 Å². The van der Waals surface area contributed by atoms with Gasteiger partial charge < -0.3 is 9.73 Å². The van der Waals surface area contributed by atoms with Crippen LogP contribution in [0.15, 0.2) is 50.9 Å². The van der Waals surface area contributed by atoms with Crippen molar-refractivity contribution in [3.05, 3.63) is 62.9 Å². The lowest BCUT2D eigenvalue weighted by atomic mass is 10.2. The van der Waals surface area contributed by atoms with Crippen LogP contribution in [0.3, 0.4) is 0 Å². The predicted octanol–water partition coefficient (Wildman–Crippen LogP) is 4.44. The van der Waals surface area contributed by atoms with Crippen LogP contribution in [0.25, 0.3) is 16.3 Å². The SMILES string of the molecule is O=C(NCCc1csc2nc(-c3ccc(Cl)cc3)nn12)c1ccc(Br)o1. The van der Waals surface area contributed by atoms with Crippen LogP contribution in [0.5, 0.6) is 0 Å². The lowest BCUT2D eigenvalue weighted by Gasteiger charge is -2.02. The van der Waals surface area contributed by atoms with Gasteiger partial charge in [-0.2, -0.15) is 4.98 Å². The average Bonchev–Trinajstić information content (AvgIpc) is 3.32. The van der Waals surface area contributed by atoms with Gasteiger partial charge in [0.15, 0.2) is 16.3 Å².